The molecule has 2 aliphatic rings. The maximum Gasteiger partial charge on any atom is 0.226 e. The molecule has 3 N–H and O–H groups in total. The van der Waals surface area contributed by atoms with Gasteiger partial charge < -0.3 is 24.5 Å². The number of ether oxygens (including phenoxy) is 1. The summed E-state index contributed by atoms with van der Waals surface area (Å²) in [6.45, 7) is 0.757. The first-order valence-electron chi connectivity index (χ1n) is 10.2. The molecule has 3 heterocycles. The SMILES string of the molecule is CC(O)C1N=Nc2cc(-c3cnc(-c4ccc5c(c4)C(=O)CC(CO)(CO)O5)o3)ccc21. The lowest BCUT2D eigenvalue weighted by Crippen LogP contribution is -2.48. The van der Waals surface area contributed by atoms with Crippen molar-refractivity contribution in [2.45, 2.75) is 31.1 Å². The Kier molecular flexibility index (Phi) is 4.89. The first-order chi connectivity index (χ1) is 15.4. The third kappa shape index (κ3) is 3.31. The highest BCUT2D eigenvalue weighted by Crippen LogP contribution is 2.41. The van der Waals surface area contributed by atoms with E-state index in [0.29, 0.717) is 34.2 Å². The van der Waals surface area contributed by atoms with Gasteiger partial charge in [0.05, 0.1) is 43.2 Å². The highest BCUT2D eigenvalue weighted by Gasteiger charge is 2.40. The average molecular weight is 435 g/mol. The number of azo groups is 1. The maximum atomic E-state index is 12.6. The lowest BCUT2D eigenvalue weighted by molar-refractivity contribution is -0.0403. The molecular weight excluding hydrogens is 414 g/mol. The zero-order valence-electron chi connectivity index (χ0n) is 17.2. The number of aromatic nitrogens is 1. The van der Waals surface area contributed by atoms with E-state index >= 15 is 0 Å². The van der Waals surface area contributed by atoms with Crippen LogP contribution in [0.4, 0.5) is 5.69 Å². The van der Waals surface area contributed by atoms with Crippen LogP contribution in [0.3, 0.4) is 0 Å². The van der Waals surface area contributed by atoms with Gasteiger partial charge in [-0.05, 0) is 31.2 Å². The number of rotatable bonds is 5. The van der Waals surface area contributed by atoms with Crippen molar-refractivity contribution in [3.8, 4) is 28.5 Å². The Bertz CT molecular complexity index is 1230. The van der Waals surface area contributed by atoms with E-state index in [1.54, 1.807) is 31.3 Å². The first-order valence-corrected chi connectivity index (χ1v) is 10.2. The fourth-order valence-electron chi connectivity index (χ4n) is 3.97. The summed E-state index contributed by atoms with van der Waals surface area (Å²) in [6.07, 6.45) is 0.846. The molecule has 0 spiro atoms. The van der Waals surface area contributed by atoms with E-state index < -0.39 is 24.9 Å². The Morgan fingerprint density at radius 2 is 1.94 bits per heavy atom. The molecule has 0 aliphatic carbocycles. The van der Waals surface area contributed by atoms with E-state index in [1.807, 2.05) is 18.2 Å². The van der Waals surface area contributed by atoms with Gasteiger partial charge in [0.2, 0.25) is 5.89 Å². The zero-order chi connectivity index (χ0) is 22.5. The zero-order valence-corrected chi connectivity index (χ0v) is 17.2. The van der Waals surface area contributed by atoms with Crippen molar-refractivity contribution in [1.29, 1.82) is 0 Å². The summed E-state index contributed by atoms with van der Waals surface area (Å²) in [7, 11) is 0. The second-order valence-corrected chi connectivity index (χ2v) is 8.12. The number of carbonyl (C=O) groups excluding carboxylic acids is 1. The van der Waals surface area contributed by atoms with Crippen LogP contribution in [0.2, 0.25) is 0 Å². The number of Topliss-reactive ketones (excluding diaryl/α,β-unsaturated/α-hetero) is 1. The van der Waals surface area contributed by atoms with Crippen molar-refractivity contribution in [3.05, 3.63) is 53.7 Å². The van der Waals surface area contributed by atoms with Gasteiger partial charge in [0.15, 0.2) is 17.1 Å². The smallest absolute Gasteiger partial charge is 0.226 e. The third-order valence-corrected chi connectivity index (χ3v) is 5.80. The quantitative estimate of drug-likeness (QED) is 0.559. The second-order valence-electron chi connectivity index (χ2n) is 8.12. The van der Waals surface area contributed by atoms with Crippen molar-refractivity contribution in [2.24, 2.45) is 10.2 Å². The molecule has 2 aliphatic heterocycles. The van der Waals surface area contributed by atoms with E-state index in [4.69, 9.17) is 9.15 Å². The normalized spacial score (nSPS) is 19.4. The molecule has 0 fully saturated rings. The first kappa shape index (κ1) is 20.5. The number of hydrogen-bond acceptors (Lipinski definition) is 9. The number of carbonyl (C=O) groups is 1. The Morgan fingerprint density at radius 3 is 2.69 bits per heavy atom. The maximum absolute atomic E-state index is 12.6. The lowest BCUT2D eigenvalue weighted by Gasteiger charge is -2.34. The van der Waals surface area contributed by atoms with Crippen molar-refractivity contribution in [1.82, 2.24) is 4.98 Å². The Labute approximate surface area is 183 Å². The average Bonchev–Trinajstić information content (AvgIpc) is 3.46. The molecule has 2 atom stereocenters. The monoisotopic (exact) mass is 435 g/mol. The van der Waals surface area contributed by atoms with Gasteiger partial charge in [-0.3, -0.25) is 4.79 Å². The predicted molar refractivity (Wildman–Crippen MR) is 113 cm³/mol. The number of fused-ring (bicyclic) bond motifs is 2. The number of hydrogen-bond donors (Lipinski definition) is 3. The molecule has 1 aromatic heterocycles. The molecule has 0 bridgehead atoms. The van der Waals surface area contributed by atoms with E-state index in [9.17, 15) is 20.1 Å². The predicted octanol–water partition coefficient (Wildman–Crippen LogP) is 3.22. The Morgan fingerprint density at radius 1 is 1.16 bits per heavy atom. The van der Waals surface area contributed by atoms with Crippen LogP contribution < -0.4 is 4.74 Å². The molecule has 2 unspecified atom stereocenters. The molecule has 0 saturated heterocycles. The number of nitrogens with zero attached hydrogens (tertiary/aromatic N) is 3. The van der Waals surface area contributed by atoms with Crippen molar-refractivity contribution >= 4 is 11.5 Å². The summed E-state index contributed by atoms with van der Waals surface area (Å²) in [5.74, 6) is 0.926. The number of benzene rings is 2. The highest BCUT2D eigenvalue weighted by atomic mass is 16.5. The highest BCUT2D eigenvalue weighted by molar-refractivity contribution is 6.01. The minimum absolute atomic E-state index is 0.121. The van der Waals surface area contributed by atoms with Gasteiger partial charge in [0.25, 0.3) is 0 Å². The summed E-state index contributed by atoms with van der Waals surface area (Å²) >= 11 is 0. The summed E-state index contributed by atoms with van der Waals surface area (Å²) < 4.78 is 11.6. The van der Waals surface area contributed by atoms with Crippen LogP contribution in [-0.2, 0) is 0 Å². The fourth-order valence-corrected chi connectivity index (χ4v) is 3.97. The molecule has 3 aromatic rings. The largest absolute Gasteiger partial charge is 0.481 e. The van der Waals surface area contributed by atoms with Gasteiger partial charge in [0.1, 0.15) is 11.8 Å². The molecular formula is C23H21N3O6. The van der Waals surface area contributed by atoms with E-state index in [1.165, 1.54) is 0 Å². The van der Waals surface area contributed by atoms with Gasteiger partial charge in [0, 0.05) is 16.7 Å². The van der Waals surface area contributed by atoms with Crippen LogP contribution in [0.25, 0.3) is 22.8 Å². The van der Waals surface area contributed by atoms with Crippen molar-refractivity contribution in [2.75, 3.05) is 13.2 Å². The van der Waals surface area contributed by atoms with Crippen LogP contribution in [0.1, 0.15) is 35.3 Å². The molecule has 0 radical (unpaired) electrons. The van der Waals surface area contributed by atoms with E-state index in [-0.39, 0.29) is 18.2 Å². The Hall–Kier alpha value is -3.40. The number of oxazole rings is 1. The molecule has 5 rings (SSSR count). The number of aliphatic hydroxyl groups is 3. The van der Waals surface area contributed by atoms with Crippen LogP contribution in [0, 0.1) is 0 Å². The lowest BCUT2D eigenvalue weighted by atomic mass is 9.90. The van der Waals surface area contributed by atoms with Gasteiger partial charge in [-0.1, -0.05) is 12.1 Å². The van der Waals surface area contributed by atoms with Crippen molar-refractivity contribution < 1.29 is 29.3 Å². The topological polar surface area (TPSA) is 138 Å². The van der Waals surface area contributed by atoms with Gasteiger partial charge in [-0.2, -0.15) is 10.2 Å². The fraction of sp³-hybridized carbons (Fsp3) is 0.304. The molecule has 164 valence electrons. The van der Waals surface area contributed by atoms with Crippen LogP contribution in [0.5, 0.6) is 5.75 Å². The number of ketones is 1. The van der Waals surface area contributed by atoms with Crippen LogP contribution in [-0.4, -0.2) is 51.0 Å². The van der Waals surface area contributed by atoms with E-state index in [2.05, 4.69) is 15.2 Å². The molecule has 32 heavy (non-hydrogen) atoms. The van der Waals surface area contributed by atoms with E-state index in [0.717, 1.165) is 11.1 Å². The Balaban J connectivity index is 1.44. The summed E-state index contributed by atoms with van der Waals surface area (Å²) in [6, 6.07) is 10.1. The van der Waals surface area contributed by atoms with Gasteiger partial charge >= 0.3 is 0 Å². The molecule has 0 amide bonds. The molecule has 9 nitrogen and oxygen atoms in total. The van der Waals surface area contributed by atoms with Crippen LogP contribution in [0.15, 0.2) is 57.2 Å². The minimum atomic E-state index is -1.31. The molecule has 0 saturated carbocycles. The van der Waals surface area contributed by atoms with Gasteiger partial charge in [-0.25, -0.2) is 4.98 Å². The van der Waals surface area contributed by atoms with Gasteiger partial charge in [-0.15, -0.1) is 0 Å². The second kappa shape index (κ2) is 7.63. The minimum Gasteiger partial charge on any atom is -0.481 e. The summed E-state index contributed by atoms with van der Waals surface area (Å²) in [4.78, 5) is 17.0. The molecule has 2 aromatic carbocycles. The number of aliphatic hydroxyl groups excluding tert-OH is 3. The van der Waals surface area contributed by atoms with Crippen LogP contribution >= 0.6 is 0 Å². The van der Waals surface area contributed by atoms with Crippen molar-refractivity contribution in [3.63, 3.8) is 0 Å². The summed E-state index contributed by atoms with van der Waals surface area (Å²) in [5.41, 5.74) is 1.95. The molecule has 9 heteroatoms. The summed E-state index contributed by atoms with van der Waals surface area (Å²) in [5, 5.41) is 37.2. The third-order valence-electron chi connectivity index (χ3n) is 5.80. The standard InChI is InChI=1S/C23H21N3O6/c1-12(29)21-15-4-2-13(7-17(15)25-26-21)20-9-24-22(31-20)14-3-5-19-16(6-14)18(30)8-23(10-27,11-28)32-19/h2-7,9,12,21,27-29H,8,10-11H2,1H3.